The molecule has 0 radical (unpaired) electrons. The van der Waals surface area contributed by atoms with E-state index in [1.807, 2.05) is 4.90 Å². The van der Waals surface area contributed by atoms with Gasteiger partial charge in [-0.25, -0.2) is 0 Å². The Morgan fingerprint density at radius 2 is 2.14 bits per heavy atom. The lowest BCUT2D eigenvalue weighted by Crippen LogP contribution is -2.31. The molecule has 1 atom stereocenters. The molecule has 1 aliphatic rings. The first kappa shape index (κ1) is 11.5. The summed E-state index contributed by atoms with van der Waals surface area (Å²) in [6.07, 6.45) is 1.37. The molecule has 0 aromatic heterocycles. The average molecular weight is 199 g/mol. The fourth-order valence-electron chi connectivity index (χ4n) is 1.95. The van der Waals surface area contributed by atoms with Gasteiger partial charge in [0.05, 0.1) is 6.61 Å². The van der Waals surface area contributed by atoms with Gasteiger partial charge in [-0.05, 0) is 17.8 Å². The fourth-order valence-corrected chi connectivity index (χ4v) is 1.95. The maximum atomic E-state index is 11.5. The highest BCUT2D eigenvalue weighted by Gasteiger charge is 2.33. The molecule has 0 spiro atoms. The molecule has 3 nitrogen and oxygen atoms in total. The van der Waals surface area contributed by atoms with Crippen LogP contribution < -0.4 is 0 Å². The van der Waals surface area contributed by atoms with Gasteiger partial charge in [-0.1, -0.05) is 20.8 Å². The number of carbonyl (C=O) groups excluding carboxylic acids is 1. The lowest BCUT2D eigenvalue weighted by atomic mass is 9.80. The number of hydrogen-bond donors (Lipinski definition) is 1. The minimum absolute atomic E-state index is 0.0322. The molecule has 82 valence electrons. The lowest BCUT2D eigenvalue weighted by Gasteiger charge is -2.26. The summed E-state index contributed by atoms with van der Waals surface area (Å²) in [6, 6.07) is 0. The van der Waals surface area contributed by atoms with E-state index in [9.17, 15) is 4.79 Å². The topological polar surface area (TPSA) is 40.5 Å². The maximum Gasteiger partial charge on any atom is 0.224 e. The summed E-state index contributed by atoms with van der Waals surface area (Å²) in [7, 11) is 0. The van der Waals surface area contributed by atoms with Crippen molar-refractivity contribution in [1.82, 2.24) is 4.90 Å². The largest absolute Gasteiger partial charge is 0.396 e. The molecule has 1 unspecified atom stereocenters. The summed E-state index contributed by atoms with van der Waals surface area (Å²) in [5.41, 5.74) is 0.286. The molecule has 0 aliphatic carbocycles. The third-order valence-corrected chi connectivity index (χ3v) is 3.09. The zero-order valence-electron chi connectivity index (χ0n) is 9.42. The second-order valence-corrected chi connectivity index (χ2v) is 5.16. The van der Waals surface area contributed by atoms with E-state index in [0.29, 0.717) is 5.92 Å². The molecular formula is C11H21NO2. The normalized spacial score (nSPS) is 22.9. The molecule has 1 saturated heterocycles. The predicted molar refractivity (Wildman–Crippen MR) is 55.8 cm³/mol. The van der Waals surface area contributed by atoms with Crippen LogP contribution in [0.25, 0.3) is 0 Å². The predicted octanol–water partition coefficient (Wildman–Crippen LogP) is 1.26. The van der Waals surface area contributed by atoms with Gasteiger partial charge >= 0.3 is 0 Å². The van der Waals surface area contributed by atoms with E-state index in [1.54, 1.807) is 0 Å². The Kier molecular flexibility index (Phi) is 3.53. The second-order valence-electron chi connectivity index (χ2n) is 5.16. The van der Waals surface area contributed by atoms with Crippen LogP contribution in [0.2, 0.25) is 0 Å². The highest BCUT2D eigenvalue weighted by atomic mass is 16.3. The van der Waals surface area contributed by atoms with E-state index in [1.165, 1.54) is 0 Å². The minimum Gasteiger partial charge on any atom is -0.396 e. The van der Waals surface area contributed by atoms with Crippen LogP contribution in [0.5, 0.6) is 0 Å². The molecule has 0 aromatic rings. The summed E-state index contributed by atoms with van der Waals surface area (Å²) < 4.78 is 0. The smallest absolute Gasteiger partial charge is 0.224 e. The van der Waals surface area contributed by atoms with Crippen molar-refractivity contribution in [3.8, 4) is 0 Å². The van der Waals surface area contributed by atoms with Gasteiger partial charge in [0.15, 0.2) is 0 Å². The lowest BCUT2D eigenvalue weighted by molar-refractivity contribution is -0.131. The summed E-state index contributed by atoms with van der Waals surface area (Å²) in [5, 5.41) is 8.68. The van der Waals surface area contributed by atoms with Crippen LogP contribution in [0.1, 0.15) is 33.6 Å². The van der Waals surface area contributed by atoms with Gasteiger partial charge in [0.25, 0.3) is 0 Å². The average Bonchev–Trinajstić information content (AvgIpc) is 2.51. The third kappa shape index (κ3) is 2.71. The molecule has 1 amide bonds. The van der Waals surface area contributed by atoms with E-state index in [2.05, 4.69) is 20.8 Å². The monoisotopic (exact) mass is 199 g/mol. The molecule has 14 heavy (non-hydrogen) atoms. The number of amides is 1. The van der Waals surface area contributed by atoms with Crippen LogP contribution in [-0.2, 0) is 4.79 Å². The van der Waals surface area contributed by atoms with Gasteiger partial charge in [-0.15, -0.1) is 0 Å². The van der Waals surface area contributed by atoms with Crippen LogP contribution in [0, 0.1) is 11.3 Å². The number of rotatable bonds is 2. The first-order valence-electron chi connectivity index (χ1n) is 5.34. The quantitative estimate of drug-likeness (QED) is 0.727. The highest BCUT2D eigenvalue weighted by Crippen LogP contribution is 2.33. The summed E-state index contributed by atoms with van der Waals surface area (Å²) in [5.74, 6) is 0.699. The van der Waals surface area contributed by atoms with Crippen LogP contribution in [0.4, 0.5) is 0 Å². The van der Waals surface area contributed by atoms with Gasteiger partial charge in [-0.2, -0.15) is 0 Å². The second kappa shape index (κ2) is 4.30. The Morgan fingerprint density at radius 3 is 2.57 bits per heavy atom. The molecule has 0 saturated carbocycles. The summed E-state index contributed by atoms with van der Waals surface area (Å²) in [6.45, 7) is 8.35. The molecule has 1 fully saturated rings. The Morgan fingerprint density at radius 1 is 1.50 bits per heavy atom. The third-order valence-electron chi connectivity index (χ3n) is 3.09. The van der Waals surface area contributed by atoms with Gasteiger partial charge < -0.3 is 10.0 Å². The SMILES string of the molecule is CC(C)(C)C1CCN(C(=O)CCO)C1. The molecule has 1 rings (SSSR count). The Hall–Kier alpha value is -0.570. The van der Waals surface area contributed by atoms with Crippen LogP contribution in [0.3, 0.4) is 0 Å². The molecular weight excluding hydrogens is 178 g/mol. The van der Waals surface area contributed by atoms with E-state index < -0.39 is 0 Å². The van der Waals surface area contributed by atoms with E-state index in [-0.39, 0.29) is 24.3 Å². The first-order chi connectivity index (χ1) is 6.45. The van der Waals surface area contributed by atoms with Crippen LogP contribution in [0.15, 0.2) is 0 Å². The van der Waals surface area contributed by atoms with Crippen molar-refractivity contribution in [1.29, 1.82) is 0 Å². The van der Waals surface area contributed by atoms with Crippen molar-refractivity contribution in [2.45, 2.75) is 33.6 Å². The molecule has 0 bridgehead atoms. The summed E-state index contributed by atoms with van der Waals surface area (Å²) in [4.78, 5) is 13.4. The van der Waals surface area contributed by atoms with Gasteiger partial charge in [-0.3, -0.25) is 4.79 Å². The molecule has 3 heteroatoms. The van der Waals surface area contributed by atoms with Crippen molar-refractivity contribution in [3.63, 3.8) is 0 Å². The van der Waals surface area contributed by atoms with Gasteiger partial charge in [0, 0.05) is 19.5 Å². The fraction of sp³-hybridized carbons (Fsp3) is 0.909. The Bertz CT molecular complexity index is 208. The first-order valence-corrected chi connectivity index (χ1v) is 5.34. The highest BCUT2D eigenvalue weighted by molar-refractivity contribution is 5.76. The standard InChI is InChI=1S/C11H21NO2/c1-11(2,3)9-4-6-12(8-9)10(14)5-7-13/h9,13H,4-8H2,1-3H3. The van der Waals surface area contributed by atoms with Gasteiger partial charge in [0.1, 0.15) is 0 Å². The van der Waals surface area contributed by atoms with Gasteiger partial charge in [0.2, 0.25) is 5.91 Å². The number of hydrogen-bond acceptors (Lipinski definition) is 2. The van der Waals surface area contributed by atoms with E-state index in [4.69, 9.17) is 5.11 Å². The number of nitrogens with zero attached hydrogens (tertiary/aromatic N) is 1. The Balaban J connectivity index is 2.45. The molecule has 1 heterocycles. The van der Waals surface area contributed by atoms with Crippen molar-refractivity contribution < 1.29 is 9.90 Å². The van der Waals surface area contributed by atoms with Crippen LogP contribution >= 0.6 is 0 Å². The van der Waals surface area contributed by atoms with Crippen molar-refractivity contribution >= 4 is 5.91 Å². The summed E-state index contributed by atoms with van der Waals surface area (Å²) >= 11 is 0. The molecule has 1 N–H and O–H groups in total. The molecule has 1 aliphatic heterocycles. The van der Waals surface area contributed by atoms with Crippen LogP contribution in [-0.4, -0.2) is 35.6 Å². The zero-order chi connectivity index (χ0) is 10.8. The number of carbonyl (C=O) groups is 1. The number of likely N-dealkylation sites (tertiary alicyclic amines) is 1. The maximum absolute atomic E-state index is 11.5. The van der Waals surface area contributed by atoms with E-state index in [0.717, 1.165) is 19.5 Å². The number of aliphatic hydroxyl groups is 1. The number of aliphatic hydroxyl groups excluding tert-OH is 1. The van der Waals surface area contributed by atoms with Crippen molar-refractivity contribution in [2.75, 3.05) is 19.7 Å². The Labute approximate surface area is 86.1 Å². The zero-order valence-corrected chi connectivity index (χ0v) is 9.42. The molecule has 0 aromatic carbocycles. The minimum atomic E-state index is -0.0322. The van der Waals surface area contributed by atoms with Crippen molar-refractivity contribution in [2.24, 2.45) is 11.3 Å². The van der Waals surface area contributed by atoms with E-state index >= 15 is 0 Å². The van der Waals surface area contributed by atoms with Crippen molar-refractivity contribution in [3.05, 3.63) is 0 Å².